The highest BCUT2D eigenvalue weighted by molar-refractivity contribution is 7.99. The number of rotatable bonds is 12. The maximum absolute atomic E-state index is 5.51. The summed E-state index contributed by atoms with van der Waals surface area (Å²) in [5.74, 6) is 2.32. The minimum absolute atomic E-state index is 0.00838. The van der Waals surface area contributed by atoms with E-state index in [2.05, 4.69) is 18.7 Å². The van der Waals surface area contributed by atoms with E-state index < -0.39 is 0 Å². The first-order chi connectivity index (χ1) is 8.28. The first kappa shape index (κ1) is 17.2. The van der Waals surface area contributed by atoms with Crippen LogP contribution in [0.3, 0.4) is 0 Å². The molecule has 0 spiro atoms. The van der Waals surface area contributed by atoms with Crippen molar-refractivity contribution in [3.63, 3.8) is 0 Å². The third kappa shape index (κ3) is 9.89. The van der Waals surface area contributed by atoms with Crippen LogP contribution in [0.4, 0.5) is 0 Å². The van der Waals surface area contributed by atoms with Crippen molar-refractivity contribution in [1.82, 2.24) is 4.90 Å². The second-order valence-corrected chi connectivity index (χ2v) is 4.99. The van der Waals surface area contributed by atoms with Crippen LogP contribution in [0.2, 0.25) is 0 Å². The lowest BCUT2D eigenvalue weighted by molar-refractivity contribution is -0.136. The average molecular weight is 263 g/mol. The molecule has 0 fully saturated rings. The van der Waals surface area contributed by atoms with E-state index in [0.29, 0.717) is 0 Å². The average Bonchev–Trinajstić information content (AvgIpc) is 2.34. The zero-order valence-electron chi connectivity index (χ0n) is 11.9. The van der Waals surface area contributed by atoms with Gasteiger partial charge in [-0.15, -0.1) is 0 Å². The van der Waals surface area contributed by atoms with Crippen LogP contribution in [0.15, 0.2) is 0 Å². The zero-order valence-corrected chi connectivity index (χ0v) is 12.7. The van der Waals surface area contributed by atoms with Gasteiger partial charge in [-0.1, -0.05) is 13.8 Å². The van der Waals surface area contributed by atoms with Gasteiger partial charge in [0.25, 0.3) is 0 Å². The van der Waals surface area contributed by atoms with Crippen molar-refractivity contribution in [3.8, 4) is 0 Å². The monoisotopic (exact) mass is 263 g/mol. The molecule has 0 unspecified atom stereocenters. The smallest absolute Gasteiger partial charge is 0.158 e. The molecule has 0 bridgehead atoms. The van der Waals surface area contributed by atoms with Crippen molar-refractivity contribution in [2.75, 3.05) is 44.4 Å². The molecule has 0 saturated heterocycles. The fourth-order valence-corrected chi connectivity index (χ4v) is 2.55. The second-order valence-electron chi connectivity index (χ2n) is 3.77. The fourth-order valence-electron chi connectivity index (χ4n) is 1.60. The molecular formula is C13H29NO2S. The predicted octanol–water partition coefficient (Wildman–Crippen LogP) is 2.85. The lowest BCUT2D eigenvalue weighted by Crippen LogP contribution is -2.25. The molecule has 0 N–H and O–H groups in total. The molecule has 0 saturated carbocycles. The van der Waals surface area contributed by atoms with Crippen LogP contribution in [0.25, 0.3) is 0 Å². The van der Waals surface area contributed by atoms with E-state index >= 15 is 0 Å². The zero-order chi connectivity index (χ0) is 12.9. The fraction of sp³-hybridized carbons (Fsp3) is 1.00. The Balaban J connectivity index is 3.46. The number of ether oxygens (including phenoxy) is 2. The van der Waals surface area contributed by atoms with Gasteiger partial charge in [-0.25, -0.2) is 0 Å². The van der Waals surface area contributed by atoms with Crippen molar-refractivity contribution in [2.45, 2.75) is 40.4 Å². The Labute approximate surface area is 111 Å². The molecule has 0 aromatic heterocycles. The van der Waals surface area contributed by atoms with Crippen LogP contribution in [-0.4, -0.2) is 55.5 Å². The summed E-state index contributed by atoms with van der Waals surface area (Å²) in [6.07, 6.45) is 0.982. The highest BCUT2D eigenvalue weighted by Gasteiger charge is 2.07. The van der Waals surface area contributed by atoms with E-state index in [9.17, 15) is 0 Å². The maximum Gasteiger partial charge on any atom is 0.158 e. The minimum Gasteiger partial charge on any atom is -0.353 e. The van der Waals surface area contributed by atoms with E-state index in [1.165, 1.54) is 12.3 Å². The normalized spacial score (nSPS) is 11.6. The van der Waals surface area contributed by atoms with Crippen LogP contribution in [0.5, 0.6) is 0 Å². The number of hydrogen-bond acceptors (Lipinski definition) is 4. The van der Waals surface area contributed by atoms with Gasteiger partial charge in [-0.3, -0.25) is 0 Å². The van der Waals surface area contributed by atoms with Gasteiger partial charge in [-0.2, -0.15) is 11.8 Å². The van der Waals surface area contributed by atoms with Crippen LogP contribution in [-0.2, 0) is 9.47 Å². The first-order valence-corrected chi connectivity index (χ1v) is 7.97. The Kier molecular flexibility index (Phi) is 12.9. The van der Waals surface area contributed by atoms with Gasteiger partial charge in [0.2, 0.25) is 0 Å². The highest BCUT2D eigenvalue weighted by Crippen LogP contribution is 2.09. The molecule has 0 heterocycles. The van der Waals surface area contributed by atoms with Gasteiger partial charge >= 0.3 is 0 Å². The molecule has 0 amide bonds. The SMILES string of the molecule is CCOC(CCSCCN(CC)CC)OCC. The minimum atomic E-state index is -0.00838. The number of hydrogen-bond donors (Lipinski definition) is 0. The summed E-state index contributed by atoms with van der Waals surface area (Å²) in [6, 6.07) is 0. The number of nitrogens with zero attached hydrogens (tertiary/aromatic N) is 1. The van der Waals surface area contributed by atoms with Crippen LogP contribution < -0.4 is 0 Å². The Morgan fingerprint density at radius 3 is 2.00 bits per heavy atom. The molecule has 0 atom stereocenters. The van der Waals surface area contributed by atoms with Crippen molar-refractivity contribution in [1.29, 1.82) is 0 Å². The summed E-state index contributed by atoms with van der Waals surface area (Å²) in [5.41, 5.74) is 0. The van der Waals surface area contributed by atoms with E-state index in [0.717, 1.165) is 38.5 Å². The summed E-state index contributed by atoms with van der Waals surface area (Å²) in [7, 11) is 0. The van der Waals surface area contributed by atoms with Gasteiger partial charge in [0, 0.05) is 31.9 Å². The summed E-state index contributed by atoms with van der Waals surface area (Å²) in [6.45, 7) is 13.4. The quantitative estimate of drug-likeness (QED) is 0.399. The van der Waals surface area contributed by atoms with E-state index in [4.69, 9.17) is 9.47 Å². The van der Waals surface area contributed by atoms with E-state index in [1.54, 1.807) is 0 Å². The van der Waals surface area contributed by atoms with Gasteiger partial charge < -0.3 is 14.4 Å². The van der Waals surface area contributed by atoms with E-state index in [1.807, 2.05) is 25.6 Å². The summed E-state index contributed by atoms with van der Waals surface area (Å²) in [5, 5.41) is 0. The Bertz CT molecular complexity index is 148. The molecule has 0 aromatic rings. The summed E-state index contributed by atoms with van der Waals surface area (Å²) >= 11 is 1.99. The van der Waals surface area contributed by atoms with Gasteiger partial charge in [0.15, 0.2) is 6.29 Å². The molecule has 0 rings (SSSR count). The molecule has 0 aromatic carbocycles. The molecule has 4 heteroatoms. The lowest BCUT2D eigenvalue weighted by Gasteiger charge is -2.18. The molecule has 17 heavy (non-hydrogen) atoms. The highest BCUT2D eigenvalue weighted by atomic mass is 32.2. The molecule has 0 aliphatic carbocycles. The van der Waals surface area contributed by atoms with Gasteiger partial charge in [0.1, 0.15) is 0 Å². The third-order valence-electron chi connectivity index (χ3n) is 2.65. The largest absolute Gasteiger partial charge is 0.353 e. The first-order valence-electron chi connectivity index (χ1n) is 6.81. The van der Waals surface area contributed by atoms with Crippen molar-refractivity contribution >= 4 is 11.8 Å². The Morgan fingerprint density at radius 1 is 0.941 bits per heavy atom. The van der Waals surface area contributed by atoms with Gasteiger partial charge in [0.05, 0.1) is 0 Å². The van der Waals surface area contributed by atoms with E-state index in [-0.39, 0.29) is 6.29 Å². The maximum atomic E-state index is 5.51. The van der Waals surface area contributed by atoms with Gasteiger partial charge in [-0.05, 0) is 32.7 Å². The number of thioether (sulfide) groups is 1. The van der Waals surface area contributed by atoms with Crippen molar-refractivity contribution in [3.05, 3.63) is 0 Å². The Hall–Kier alpha value is 0.230. The standard InChI is InChI=1S/C13H29NO2S/c1-5-14(6-2)10-12-17-11-9-13(15-7-3)16-8-4/h13H,5-12H2,1-4H3. The third-order valence-corrected chi connectivity index (χ3v) is 3.64. The molecular weight excluding hydrogens is 234 g/mol. The van der Waals surface area contributed by atoms with Crippen LogP contribution >= 0.6 is 11.8 Å². The molecule has 0 radical (unpaired) electrons. The predicted molar refractivity (Wildman–Crippen MR) is 76.8 cm³/mol. The molecule has 0 aliphatic rings. The summed E-state index contributed by atoms with van der Waals surface area (Å²) < 4.78 is 11.0. The topological polar surface area (TPSA) is 21.7 Å². The van der Waals surface area contributed by atoms with Crippen LogP contribution in [0.1, 0.15) is 34.1 Å². The second kappa shape index (κ2) is 12.7. The molecule has 3 nitrogen and oxygen atoms in total. The lowest BCUT2D eigenvalue weighted by atomic mass is 10.5. The van der Waals surface area contributed by atoms with Crippen LogP contribution in [0, 0.1) is 0 Å². The molecule has 104 valence electrons. The van der Waals surface area contributed by atoms with Crippen molar-refractivity contribution in [2.24, 2.45) is 0 Å². The van der Waals surface area contributed by atoms with Crippen molar-refractivity contribution < 1.29 is 9.47 Å². The summed E-state index contributed by atoms with van der Waals surface area (Å²) in [4.78, 5) is 2.45. The molecule has 0 aliphatic heterocycles. The Morgan fingerprint density at radius 2 is 1.53 bits per heavy atom.